The van der Waals surface area contributed by atoms with Crippen molar-refractivity contribution < 1.29 is 32.0 Å². The Morgan fingerprint density at radius 3 is 2.50 bits per heavy atom. The number of carbonyl (C=O) groups is 1. The summed E-state index contributed by atoms with van der Waals surface area (Å²) in [5, 5.41) is 0. The van der Waals surface area contributed by atoms with Gasteiger partial charge in [0.25, 0.3) is 5.91 Å². The van der Waals surface area contributed by atoms with Crippen molar-refractivity contribution in [2.45, 2.75) is 12.7 Å². The molecule has 0 atom stereocenters. The highest BCUT2D eigenvalue weighted by atomic mass is 19.4. The van der Waals surface area contributed by atoms with Gasteiger partial charge in [0.2, 0.25) is 0 Å². The predicted molar refractivity (Wildman–Crippen MR) is 94.7 cm³/mol. The van der Waals surface area contributed by atoms with Gasteiger partial charge < -0.3 is 14.5 Å². The molecule has 1 heterocycles. The van der Waals surface area contributed by atoms with Crippen molar-refractivity contribution in [3.8, 4) is 5.75 Å². The van der Waals surface area contributed by atoms with Gasteiger partial charge in [-0.1, -0.05) is 6.07 Å². The molecule has 0 bridgehead atoms. The number of hydrogen-bond acceptors (Lipinski definition) is 2. The Bertz CT molecular complexity index is 846. The number of alkyl halides is 3. The van der Waals surface area contributed by atoms with Crippen molar-refractivity contribution in [2.75, 3.05) is 33.3 Å². The van der Waals surface area contributed by atoms with Gasteiger partial charge in [-0.2, -0.15) is 13.2 Å². The fourth-order valence-electron chi connectivity index (χ4n) is 3.37. The van der Waals surface area contributed by atoms with Crippen LogP contribution in [0.4, 0.5) is 17.6 Å². The maximum absolute atomic E-state index is 13.5. The number of nitrogens with one attached hydrogen (secondary N) is 1. The molecule has 4 nitrogen and oxygen atoms in total. The summed E-state index contributed by atoms with van der Waals surface area (Å²) in [6.45, 7) is 2.62. The summed E-state index contributed by atoms with van der Waals surface area (Å²) in [5.41, 5.74) is -0.0546. The van der Waals surface area contributed by atoms with E-state index in [0.29, 0.717) is 38.5 Å². The van der Waals surface area contributed by atoms with E-state index in [1.165, 1.54) is 31.4 Å². The van der Waals surface area contributed by atoms with Gasteiger partial charge in [-0.3, -0.25) is 4.79 Å². The second-order valence-electron chi connectivity index (χ2n) is 6.75. The summed E-state index contributed by atoms with van der Waals surface area (Å²) >= 11 is 0. The van der Waals surface area contributed by atoms with Crippen LogP contribution in [0.5, 0.6) is 5.75 Å². The third kappa shape index (κ3) is 4.62. The van der Waals surface area contributed by atoms with E-state index in [1.807, 2.05) is 0 Å². The van der Waals surface area contributed by atoms with Crippen LogP contribution in [0.15, 0.2) is 42.5 Å². The largest absolute Gasteiger partial charge is 0.496 e. The van der Waals surface area contributed by atoms with Crippen molar-refractivity contribution >= 4 is 5.91 Å². The van der Waals surface area contributed by atoms with Crippen molar-refractivity contribution in [3.05, 3.63) is 65.0 Å². The SMILES string of the molecule is COc1ccc(F)cc1C[NH+]1CCN(C(=O)c2cccc(C(F)(F)F)c2)CC1. The third-order valence-corrected chi connectivity index (χ3v) is 4.88. The molecule has 3 rings (SSSR count). The first-order valence-electron chi connectivity index (χ1n) is 8.90. The van der Waals surface area contributed by atoms with E-state index < -0.39 is 17.6 Å². The molecule has 0 aromatic heterocycles. The average Bonchev–Trinajstić information content (AvgIpc) is 2.68. The molecule has 1 saturated heterocycles. The van der Waals surface area contributed by atoms with Crippen LogP contribution >= 0.6 is 0 Å². The van der Waals surface area contributed by atoms with E-state index >= 15 is 0 Å². The third-order valence-electron chi connectivity index (χ3n) is 4.88. The molecule has 0 radical (unpaired) electrons. The summed E-state index contributed by atoms with van der Waals surface area (Å²) in [5.74, 6) is -0.140. The van der Waals surface area contributed by atoms with E-state index in [9.17, 15) is 22.4 Å². The standard InChI is InChI=1S/C20H20F4N2O2/c1-28-18-6-5-17(21)12-15(18)13-25-7-9-26(10-8-25)19(27)14-3-2-4-16(11-14)20(22,23)24/h2-6,11-12H,7-10,13H2,1H3/p+1. The molecule has 1 aliphatic heterocycles. The van der Waals surface area contributed by atoms with Gasteiger partial charge in [-0.25, -0.2) is 4.39 Å². The Hall–Kier alpha value is -2.61. The first-order chi connectivity index (χ1) is 13.3. The molecule has 1 amide bonds. The van der Waals surface area contributed by atoms with Crippen LogP contribution in [0.25, 0.3) is 0 Å². The number of quaternary nitrogens is 1. The molecule has 150 valence electrons. The average molecular weight is 397 g/mol. The highest BCUT2D eigenvalue weighted by Gasteiger charge is 2.32. The molecule has 1 fully saturated rings. The summed E-state index contributed by atoms with van der Waals surface area (Å²) < 4.78 is 57.3. The number of piperazine rings is 1. The minimum atomic E-state index is -4.48. The zero-order valence-electron chi connectivity index (χ0n) is 15.4. The lowest BCUT2D eigenvalue weighted by Crippen LogP contribution is -3.13. The Kier molecular flexibility index (Phi) is 5.88. The Labute approximate surface area is 160 Å². The molecule has 0 saturated carbocycles. The number of carbonyl (C=O) groups excluding carboxylic acids is 1. The van der Waals surface area contributed by atoms with Crippen LogP contribution in [0, 0.1) is 5.82 Å². The van der Waals surface area contributed by atoms with Crippen LogP contribution < -0.4 is 9.64 Å². The fraction of sp³-hybridized carbons (Fsp3) is 0.350. The fourth-order valence-corrected chi connectivity index (χ4v) is 3.37. The minimum absolute atomic E-state index is 0.0325. The Balaban J connectivity index is 1.63. The van der Waals surface area contributed by atoms with Crippen LogP contribution in [0.3, 0.4) is 0 Å². The second kappa shape index (κ2) is 8.18. The van der Waals surface area contributed by atoms with Crippen molar-refractivity contribution in [3.63, 3.8) is 0 Å². The number of ether oxygens (including phenoxy) is 1. The maximum atomic E-state index is 13.5. The number of amides is 1. The molecular weight excluding hydrogens is 376 g/mol. The van der Waals surface area contributed by atoms with Gasteiger partial charge >= 0.3 is 6.18 Å². The number of hydrogen-bond donors (Lipinski definition) is 1. The number of rotatable bonds is 4. The van der Waals surface area contributed by atoms with E-state index in [1.54, 1.807) is 11.0 Å². The quantitative estimate of drug-likeness (QED) is 0.804. The number of nitrogens with zero attached hydrogens (tertiary/aromatic N) is 1. The molecule has 1 N–H and O–H groups in total. The van der Waals surface area contributed by atoms with E-state index in [2.05, 4.69) is 0 Å². The minimum Gasteiger partial charge on any atom is -0.496 e. The number of halogens is 4. The van der Waals surface area contributed by atoms with Gasteiger partial charge in [0.1, 0.15) is 18.1 Å². The maximum Gasteiger partial charge on any atom is 0.416 e. The normalized spacial score (nSPS) is 15.5. The lowest BCUT2D eigenvalue weighted by atomic mass is 10.1. The lowest BCUT2D eigenvalue weighted by Gasteiger charge is -2.32. The van der Waals surface area contributed by atoms with Crippen molar-refractivity contribution in [2.24, 2.45) is 0 Å². The van der Waals surface area contributed by atoms with Crippen LogP contribution in [-0.2, 0) is 12.7 Å². The van der Waals surface area contributed by atoms with Gasteiger partial charge in [0.15, 0.2) is 0 Å². The molecule has 0 aliphatic carbocycles. The van der Waals surface area contributed by atoms with Gasteiger partial charge in [-0.05, 0) is 36.4 Å². The lowest BCUT2D eigenvalue weighted by molar-refractivity contribution is -0.917. The molecular formula is C20H21F4N2O2+. The van der Waals surface area contributed by atoms with E-state index in [0.717, 1.165) is 22.6 Å². The smallest absolute Gasteiger partial charge is 0.416 e. The molecule has 8 heteroatoms. The molecule has 1 aliphatic rings. The van der Waals surface area contributed by atoms with Crippen LogP contribution in [0.2, 0.25) is 0 Å². The summed E-state index contributed by atoms with van der Waals surface area (Å²) in [7, 11) is 1.53. The molecule has 2 aromatic carbocycles. The zero-order chi connectivity index (χ0) is 20.3. The highest BCUT2D eigenvalue weighted by molar-refractivity contribution is 5.94. The molecule has 28 heavy (non-hydrogen) atoms. The number of methoxy groups -OCH3 is 1. The van der Waals surface area contributed by atoms with Gasteiger partial charge in [0.05, 0.1) is 44.4 Å². The summed E-state index contributed by atoms with van der Waals surface area (Å²) in [6.07, 6.45) is -4.48. The Morgan fingerprint density at radius 1 is 1.14 bits per heavy atom. The van der Waals surface area contributed by atoms with Gasteiger partial charge in [0, 0.05) is 5.56 Å². The van der Waals surface area contributed by atoms with Crippen LogP contribution in [-0.4, -0.2) is 44.1 Å². The molecule has 0 unspecified atom stereocenters. The van der Waals surface area contributed by atoms with Crippen LogP contribution in [0.1, 0.15) is 21.5 Å². The summed E-state index contributed by atoms with van der Waals surface area (Å²) in [6, 6.07) is 8.83. The molecule has 2 aromatic rings. The topological polar surface area (TPSA) is 34.0 Å². The van der Waals surface area contributed by atoms with E-state index in [4.69, 9.17) is 4.74 Å². The highest BCUT2D eigenvalue weighted by Crippen LogP contribution is 2.29. The first kappa shape index (κ1) is 20.1. The molecule has 0 spiro atoms. The van der Waals surface area contributed by atoms with Crippen molar-refractivity contribution in [1.29, 1.82) is 0 Å². The monoisotopic (exact) mass is 397 g/mol. The first-order valence-corrected chi connectivity index (χ1v) is 8.90. The Morgan fingerprint density at radius 2 is 1.86 bits per heavy atom. The van der Waals surface area contributed by atoms with Gasteiger partial charge in [-0.15, -0.1) is 0 Å². The zero-order valence-corrected chi connectivity index (χ0v) is 15.4. The second-order valence-corrected chi connectivity index (χ2v) is 6.75. The van der Waals surface area contributed by atoms with E-state index in [-0.39, 0.29) is 11.4 Å². The summed E-state index contributed by atoms with van der Waals surface area (Å²) in [4.78, 5) is 15.3. The number of benzene rings is 2. The predicted octanol–water partition coefficient (Wildman–Crippen LogP) is 2.39. The van der Waals surface area contributed by atoms with Crippen molar-refractivity contribution in [1.82, 2.24) is 4.90 Å².